The Hall–Kier alpha value is -1.65. The van der Waals surface area contributed by atoms with Crippen LogP contribution < -0.4 is 4.90 Å². The van der Waals surface area contributed by atoms with Crippen LogP contribution in [0, 0.1) is 5.41 Å². The van der Waals surface area contributed by atoms with Gasteiger partial charge in [0.2, 0.25) is 0 Å². The first-order valence-electron chi connectivity index (χ1n) is 5.78. The Morgan fingerprint density at radius 3 is 2.94 bits per heavy atom. The fourth-order valence-corrected chi connectivity index (χ4v) is 2.56. The minimum atomic E-state index is -0.784. The maximum absolute atomic E-state index is 11.5. The van der Waals surface area contributed by atoms with Crippen molar-refractivity contribution in [1.82, 2.24) is 9.97 Å². The van der Waals surface area contributed by atoms with Crippen molar-refractivity contribution in [3.8, 4) is 0 Å². The zero-order valence-corrected chi connectivity index (χ0v) is 10.1. The van der Waals surface area contributed by atoms with Gasteiger partial charge in [-0.3, -0.25) is 0 Å². The average molecular weight is 235 g/mol. The summed E-state index contributed by atoms with van der Waals surface area (Å²) in [5.41, 5.74) is -0.241. The van der Waals surface area contributed by atoms with Gasteiger partial charge in [-0.15, -0.1) is 0 Å². The summed E-state index contributed by atoms with van der Waals surface area (Å²) in [4.78, 5) is 21.4. The monoisotopic (exact) mass is 235 g/mol. The number of anilines is 1. The highest BCUT2D eigenvalue weighted by molar-refractivity contribution is 5.79. The lowest BCUT2D eigenvalue weighted by molar-refractivity contribution is -0.142. The lowest BCUT2D eigenvalue weighted by Crippen LogP contribution is -2.54. The highest BCUT2D eigenvalue weighted by atomic mass is 16.4. The first-order valence-corrected chi connectivity index (χ1v) is 5.78. The minimum Gasteiger partial charge on any atom is -0.480 e. The third kappa shape index (κ3) is 2.23. The smallest absolute Gasteiger partial charge is 0.326 e. The van der Waals surface area contributed by atoms with Crippen LogP contribution >= 0.6 is 0 Å². The lowest BCUT2D eigenvalue weighted by Gasteiger charge is -2.44. The van der Waals surface area contributed by atoms with E-state index < -0.39 is 12.0 Å². The predicted octanol–water partition coefficient (Wildman–Crippen LogP) is 1.56. The molecule has 1 saturated heterocycles. The van der Waals surface area contributed by atoms with E-state index in [1.54, 1.807) is 12.3 Å². The van der Waals surface area contributed by atoms with Crippen LogP contribution in [0.4, 0.5) is 5.82 Å². The third-order valence-electron chi connectivity index (χ3n) is 3.37. The van der Waals surface area contributed by atoms with Gasteiger partial charge in [-0.05, 0) is 24.3 Å². The number of nitrogens with zero attached hydrogens (tertiary/aromatic N) is 3. The Labute approximate surface area is 100 Å². The molecule has 1 aliphatic rings. The Kier molecular flexibility index (Phi) is 3.00. The molecule has 1 aliphatic heterocycles. The van der Waals surface area contributed by atoms with E-state index in [1.165, 1.54) is 6.33 Å². The molecule has 1 fully saturated rings. The fourth-order valence-electron chi connectivity index (χ4n) is 2.56. The minimum absolute atomic E-state index is 0.241. The van der Waals surface area contributed by atoms with Crippen LogP contribution in [0.1, 0.15) is 26.7 Å². The molecule has 1 N–H and O–H groups in total. The molecular formula is C12H17N3O2. The molecular weight excluding hydrogens is 218 g/mol. The quantitative estimate of drug-likeness (QED) is 0.842. The zero-order chi connectivity index (χ0) is 12.5. The van der Waals surface area contributed by atoms with Crippen LogP contribution in [0.5, 0.6) is 0 Å². The van der Waals surface area contributed by atoms with Crippen LogP contribution in [-0.2, 0) is 4.79 Å². The Balaban J connectivity index is 2.35. The second kappa shape index (κ2) is 4.31. The summed E-state index contributed by atoms with van der Waals surface area (Å²) in [6, 6.07) is 1.24. The maximum atomic E-state index is 11.5. The zero-order valence-electron chi connectivity index (χ0n) is 10.1. The molecule has 0 radical (unpaired) electrons. The number of hydrogen-bond acceptors (Lipinski definition) is 4. The molecule has 5 heteroatoms. The van der Waals surface area contributed by atoms with Crippen LogP contribution in [0.2, 0.25) is 0 Å². The van der Waals surface area contributed by atoms with Gasteiger partial charge < -0.3 is 10.0 Å². The van der Waals surface area contributed by atoms with E-state index in [0.717, 1.165) is 19.4 Å². The van der Waals surface area contributed by atoms with E-state index in [2.05, 4.69) is 9.97 Å². The molecule has 17 heavy (non-hydrogen) atoms. The first kappa shape index (κ1) is 11.8. The van der Waals surface area contributed by atoms with E-state index in [-0.39, 0.29) is 5.41 Å². The third-order valence-corrected chi connectivity index (χ3v) is 3.37. The van der Waals surface area contributed by atoms with Crippen molar-refractivity contribution in [3.63, 3.8) is 0 Å². The number of aromatic nitrogens is 2. The van der Waals surface area contributed by atoms with Gasteiger partial charge in [0.05, 0.1) is 0 Å². The molecule has 0 aliphatic carbocycles. The summed E-state index contributed by atoms with van der Waals surface area (Å²) in [6.07, 6.45) is 5.00. The summed E-state index contributed by atoms with van der Waals surface area (Å²) in [5.74, 6) is -0.0894. The normalized spacial score (nSPS) is 23.4. The maximum Gasteiger partial charge on any atom is 0.326 e. The van der Waals surface area contributed by atoms with Gasteiger partial charge in [0.25, 0.3) is 0 Å². The first-order chi connectivity index (χ1) is 8.02. The molecule has 1 unspecified atom stereocenters. The van der Waals surface area contributed by atoms with E-state index in [1.807, 2.05) is 18.7 Å². The molecule has 0 saturated carbocycles. The van der Waals surface area contributed by atoms with Crippen molar-refractivity contribution < 1.29 is 9.90 Å². The molecule has 5 nitrogen and oxygen atoms in total. The molecule has 0 bridgehead atoms. The highest BCUT2D eigenvalue weighted by Crippen LogP contribution is 2.36. The van der Waals surface area contributed by atoms with Gasteiger partial charge in [-0.2, -0.15) is 0 Å². The molecule has 0 amide bonds. The molecule has 2 heterocycles. The van der Waals surface area contributed by atoms with Gasteiger partial charge in [0, 0.05) is 12.7 Å². The largest absolute Gasteiger partial charge is 0.480 e. The molecule has 1 atom stereocenters. The standard InChI is InChI=1S/C12H17N3O2/c1-12(2)5-3-7-15(10(12)11(16)17)9-4-6-13-8-14-9/h4,6,8,10H,3,5,7H2,1-2H3,(H,16,17). The van der Waals surface area contributed by atoms with E-state index in [9.17, 15) is 9.90 Å². The summed E-state index contributed by atoms with van der Waals surface area (Å²) in [5, 5.41) is 9.42. The number of piperidine rings is 1. The molecule has 0 spiro atoms. The molecule has 92 valence electrons. The van der Waals surface area contributed by atoms with Gasteiger partial charge in [-0.1, -0.05) is 13.8 Å². The van der Waals surface area contributed by atoms with Crippen LogP contribution in [0.3, 0.4) is 0 Å². The Bertz CT molecular complexity index is 405. The summed E-state index contributed by atoms with van der Waals surface area (Å²) < 4.78 is 0. The number of carboxylic acid groups (broad SMARTS) is 1. The van der Waals surface area contributed by atoms with Crippen LogP contribution in [0.15, 0.2) is 18.6 Å². The van der Waals surface area contributed by atoms with Crippen molar-refractivity contribution in [2.24, 2.45) is 5.41 Å². The highest BCUT2D eigenvalue weighted by Gasteiger charge is 2.42. The number of aliphatic carboxylic acids is 1. The van der Waals surface area contributed by atoms with Crippen LogP contribution in [0.25, 0.3) is 0 Å². The SMILES string of the molecule is CC1(C)CCCN(c2ccncn2)C1C(=O)O. The van der Waals surface area contributed by atoms with Crippen molar-refractivity contribution in [2.45, 2.75) is 32.7 Å². The van der Waals surface area contributed by atoms with Crippen molar-refractivity contribution in [1.29, 1.82) is 0 Å². The van der Waals surface area contributed by atoms with Gasteiger partial charge in [0.1, 0.15) is 18.2 Å². The van der Waals surface area contributed by atoms with Crippen LogP contribution in [-0.4, -0.2) is 33.6 Å². The topological polar surface area (TPSA) is 66.3 Å². The molecule has 2 rings (SSSR count). The summed E-state index contributed by atoms with van der Waals surface area (Å²) in [7, 11) is 0. The number of carboxylic acids is 1. The van der Waals surface area contributed by atoms with Gasteiger partial charge >= 0.3 is 5.97 Å². The lowest BCUT2D eigenvalue weighted by atomic mass is 9.76. The van der Waals surface area contributed by atoms with E-state index >= 15 is 0 Å². The second-order valence-corrected chi connectivity index (χ2v) is 5.09. The molecule has 1 aromatic rings. The number of carbonyl (C=O) groups is 1. The van der Waals surface area contributed by atoms with Crippen molar-refractivity contribution in [2.75, 3.05) is 11.4 Å². The van der Waals surface area contributed by atoms with Gasteiger partial charge in [-0.25, -0.2) is 14.8 Å². The predicted molar refractivity (Wildman–Crippen MR) is 63.8 cm³/mol. The van der Waals surface area contributed by atoms with E-state index in [0.29, 0.717) is 5.82 Å². The Morgan fingerprint density at radius 1 is 1.59 bits per heavy atom. The van der Waals surface area contributed by atoms with Crippen molar-refractivity contribution >= 4 is 11.8 Å². The molecule has 1 aromatic heterocycles. The van der Waals surface area contributed by atoms with Crippen molar-refractivity contribution in [3.05, 3.63) is 18.6 Å². The number of hydrogen-bond donors (Lipinski definition) is 1. The van der Waals surface area contributed by atoms with E-state index in [4.69, 9.17) is 0 Å². The second-order valence-electron chi connectivity index (χ2n) is 5.09. The fraction of sp³-hybridized carbons (Fsp3) is 0.583. The number of rotatable bonds is 2. The summed E-state index contributed by atoms with van der Waals surface area (Å²) >= 11 is 0. The summed E-state index contributed by atoms with van der Waals surface area (Å²) in [6.45, 7) is 4.73. The average Bonchev–Trinajstić information content (AvgIpc) is 2.28. The van der Waals surface area contributed by atoms with Gasteiger partial charge in [0.15, 0.2) is 0 Å². The Morgan fingerprint density at radius 2 is 2.35 bits per heavy atom. The molecule has 0 aromatic carbocycles.